The van der Waals surface area contributed by atoms with Gasteiger partial charge < -0.3 is 9.73 Å². The van der Waals surface area contributed by atoms with Crippen LogP contribution < -0.4 is 5.32 Å². The average Bonchev–Trinajstić information content (AvgIpc) is 3.51. The highest BCUT2D eigenvalue weighted by atomic mass is 32.2. The topological polar surface area (TPSA) is 25.2 Å². The molecule has 1 N–H and O–H groups in total. The van der Waals surface area contributed by atoms with Crippen LogP contribution in [0, 0.1) is 0 Å². The lowest BCUT2D eigenvalue weighted by atomic mass is 9.64. The van der Waals surface area contributed by atoms with Crippen LogP contribution in [0.1, 0.15) is 42.4 Å². The summed E-state index contributed by atoms with van der Waals surface area (Å²) in [6.45, 7) is 0. The number of para-hydroxylation sites is 1. The quantitative estimate of drug-likeness (QED) is 0.240. The van der Waals surface area contributed by atoms with Crippen LogP contribution in [0.3, 0.4) is 0 Å². The van der Waals surface area contributed by atoms with Gasteiger partial charge in [-0.1, -0.05) is 78.5 Å². The van der Waals surface area contributed by atoms with E-state index in [-0.39, 0.29) is 5.41 Å². The molecule has 0 radical (unpaired) electrons. The molecular weight excluding hydrogens is 506 g/mol. The summed E-state index contributed by atoms with van der Waals surface area (Å²) in [7, 11) is 0. The SMILES string of the molecule is c1ccc2c(c1)SC1=C(CCCC1)C21c2ccccc2-c2ccc(Nc3ccc4c(c3)oc3ccccc34)cc21. The first-order chi connectivity index (χ1) is 19.8. The standard InChI is InChI=1S/C37H27NOS/c1-3-11-29-25(9-1)26-19-17-23(38-24-18-20-28-27-10-2-6-14-33(27)39-34(28)22-24)21-32(26)37(29)30-12-4-7-15-35(30)40-36-16-8-5-13-31(36)37/h1-4,6-7,9-12,14-15,17-22,38H,5,8,13,16H2. The number of thioether (sulfide) groups is 1. The molecule has 2 heterocycles. The van der Waals surface area contributed by atoms with Crippen molar-refractivity contribution in [3.63, 3.8) is 0 Å². The average molecular weight is 534 g/mol. The van der Waals surface area contributed by atoms with Gasteiger partial charge in [0.2, 0.25) is 0 Å². The number of hydrogen-bond donors (Lipinski definition) is 1. The second-order valence-electron chi connectivity index (χ2n) is 11.2. The summed E-state index contributed by atoms with van der Waals surface area (Å²) in [6, 6.07) is 39.9. The number of allylic oxidation sites excluding steroid dienone is 2. The van der Waals surface area contributed by atoms with Crippen molar-refractivity contribution in [3.8, 4) is 11.1 Å². The van der Waals surface area contributed by atoms with E-state index in [1.807, 2.05) is 23.9 Å². The van der Waals surface area contributed by atoms with Crippen molar-refractivity contribution in [2.45, 2.75) is 36.0 Å². The third-order valence-corrected chi connectivity index (χ3v) is 10.4. The third-order valence-electron chi connectivity index (χ3n) is 9.11. The Balaban J connectivity index is 1.24. The fraction of sp³-hybridized carbons (Fsp3) is 0.135. The lowest BCUT2D eigenvalue weighted by molar-refractivity contribution is 0.596. The molecule has 9 rings (SSSR count). The van der Waals surface area contributed by atoms with E-state index in [4.69, 9.17) is 4.42 Å². The van der Waals surface area contributed by atoms with E-state index in [0.717, 1.165) is 39.7 Å². The fourth-order valence-electron chi connectivity index (χ4n) is 7.49. The number of hydrogen-bond acceptors (Lipinski definition) is 3. The molecule has 3 heteroatoms. The van der Waals surface area contributed by atoms with Gasteiger partial charge in [-0.3, -0.25) is 0 Å². The maximum absolute atomic E-state index is 6.19. The largest absolute Gasteiger partial charge is 0.456 e. The molecule has 5 aromatic carbocycles. The third kappa shape index (κ3) is 3.01. The maximum atomic E-state index is 6.19. The molecule has 1 unspecified atom stereocenters. The summed E-state index contributed by atoms with van der Waals surface area (Å²) in [5.41, 5.74) is 12.4. The first-order valence-electron chi connectivity index (χ1n) is 14.2. The number of rotatable bonds is 2. The Labute approximate surface area is 237 Å². The van der Waals surface area contributed by atoms with E-state index < -0.39 is 0 Å². The minimum atomic E-state index is -0.232. The highest BCUT2D eigenvalue weighted by molar-refractivity contribution is 8.03. The minimum Gasteiger partial charge on any atom is -0.456 e. The molecule has 2 nitrogen and oxygen atoms in total. The van der Waals surface area contributed by atoms with Gasteiger partial charge in [0.25, 0.3) is 0 Å². The normalized spacial score (nSPS) is 19.0. The number of benzene rings is 5. The van der Waals surface area contributed by atoms with Gasteiger partial charge in [0.15, 0.2) is 0 Å². The van der Waals surface area contributed by atoms with Crippen molar-refractivity contribution < 1.29 is 4.42 Å². The highest BCUT2D eigenvalue weighted by Gasteiger charge is 2.51. The molecule has 3 aliphatic rings. The molecular formula is C37H27NOS. The molecule has 0 amide bonds. The molecule has 1 atom stereocenters. The lowest BCUT2D eigenvalue weighted by Crippen LogP contribution is -2.34. The van der Waals surface area contributed by atoms with Crippen LogP contribution in [0.15, 0.2) is 129 Å². The van der Waals surface area contributed by atoms with E-state index in [0.29, 0.717) is 0 Å². The Hall–Kier alpha value is -4.21. The van der Waals surface area contributed by atoms with Crippen LogP contribution in [0.4, 0.5) is 11.4 Å². The Morgan fingerprint density at radius 3 is 2.30 bits per heavy atom. The van der Waals surface area contributed by atoms with E-state index in [2.05, 4.69) is 102 Å². The van der Waals surface area contributed by atoms with Gasteiger partial charge in [-0.15, -0.1) is 0 Å². The smallest absolute Gasteiger partial charge is 0.137 e. The zero-order valence-corrected chi connectivity index (χ0v) is 22.9. The molecule has 1 aromatic heterocycles. The molecule has 0 fully saturated rings. The van der Waals surface area contributed by atoms with Gasteiger partial charge in [0.1, 0.15) is 11.2 Å². The van der Waals surface area contributed by atoms with Crippen LogP contribution in [0.5, 0.6) is 0 Å². The summed E-state index contributed by atoms with van der Waals surface area (Å²) < 4.78 is 6.19. The van der Waals surface area contributed by atoms with E-state index in [9.17, 15) is 0 Å². The Morgan fingerprint density at radius 1 is 0.600 bits per heavy atom. The number of furan rings is 1. The Morgan fingerprint density at radius 2 is 1.32 bits per heavy atom. The van der Waals surface area contributed by atoms with E-state index in [1.165, 1.54) is 52.0 Å². The van der Waals surface area contributed by atoms with Gasteiger partial charge in [-0.2, -0.15) is 0 Å². The zero-order chi connectivity index (χ0) is 26.3. The molecule has 192 valence electrons. The summed E-state index contributed by atoms with van der Waals surface area (Å²) in [5.74, 6) is 0. The van der Waals surface area contributed by atoms with E-state index >= 15 is 0 Å². The van der Waals surface area contributed by atoms with Crippen LogP contribution in [-0.4, -0.2) is 0 Å². The molecule has 0 bridgehead atoms. The van der Waals surface area contributed by atoms with Gasteiger partial charge in [-0.05, 0) is 100 Å². The van der Waals surface area contributed by atoms with Crippen LogP contribution in [0.25, 0.3) is 33.1 Å². The van der Waals surface area contributed by atoms with Crippen molar-refractivity contribution in [1.29, 1.82) is 0 Å². The molecule has 2 aliphatic carbocycles. The second-order valence-corrected chi connectivity index (χ2v) is 12.3. The van der Waals surface area contributed by atoms with Gasteiger partial charge >= 0.3 is 0 Å². The molecule has 0 saturated carbocycles. The lowest BCUT2D eigenvalue weighted by Gasteiger charge is -2.43. The predicted octanol–water partition coefficient (Wildman–Crippen LogP) is 10.6. The summed E-state index contributed by atoms with van der Waals surface area (Å²) in [4.78, 5) is 2.99. The van der Waals surface area contributed by atoms with Crippen LogP contribution in [-0.2, 0) is 5.41 Å². The summed E-state index contributed by atoms with van der Waals surface area (Å²) >= 11 is 2.01. The summed E-state index contributed by atoms with van der Waals surface area (Å²) in [5, 5.41) is 6.04. The molecule has 0 saturated heterocycles. The maximum Gasteiger partial charge on any atom is 0.137 e. The minimum absolute atomic E-state index is 0.232. The van der Waals surface area contributed by atoms with Gasteiger partial charge in [0, 0.05) is 33.1 Å². The molecule has 1 aliphatic heterocycles. The first kappa shape index (κ1) is 22.6. The van der Waals surface area contributed by atoms with Crippen LogP contribution >= 0.6 is 11.8 Å². The van der Waals surface area contributed by atoms with Crippen molar-refractivity contribution in [3.05, 3.63) is 136 Å². The molecule has 1 spiro atoms. The Kier molecular flexibility index (Phi) is 4.74. The highest BCUT2D eigenvalue weighted by Crippen LogP contribution is 2.64. The number of nitrogens with one attached hydrogen (secondary N) is 1. The van der Waals surface area contributed by atoms with Crippen molar-refractivity contribution in [2.24, 2.45) is 0 Å². The second kappa shape index (κ2) is 8.39. The van der Waals surface area contributed by atoms with Crippen molar-refractivity contribution in [1.82, 2.24) is 0 Å². The van der Waals surface area contributed by atoms with Gasteiger partial charge in [-0.25, -0.2) is 0 Å². The van der Waals surface area contributed by atoms with E-state index in [1.54, 1.807) is 10.5 Å². The molecule has 6 aromatic rings. The van der Waals surface area contributed by atoms with Gasteiger partial charge in [0.05, 0.1) is 5.41 Å². The van der Waals surface area contributed by atoms with Crippen molar-refractivity contribution >= 4 is 45.1 Å². The van der Waals surface area contributed by atoms with Crippen LogP contribution in [0.2, 0.25) is 0 Å². The number of fused-ring (bicyclic) bond motifs is 11. The monoisotopic (exact) mass is 533 g/mol. The number of anilines is 2. The Bertz CT molecular complexity index is 2030. The summed E-state index contributed by atoms with van der Waals surface area (Å²) in [6.07, 6.45) is 4.88. The van der Waals surface area contributed by atoms with Crippen molar-refractivity contribution in [2.75, 3.05) is 5.32 Å². The zero-order valence-electron chi connectivity index (χ0n) is 22.0. The first-order valence-corrected chi connectivity index (χ1v) is 15.0. The molecule has 40 heavy (non-hydrogen) atoms. The predicted molar refractivity (Wildman–Crippen MR) is 167 cm³/mol. The fourth-order valence-corrected chi connectivity index (χ4v) is 8.86.